The van der Waals surface area contributed by atoms with E-state index in [1.54, 1.807) is 18.2 Å². The van der Waals surface area contributed by atoms with E-state index in [1.165, 1.54) is 57.4 Å². The lowest BCUT2D eigenvalue weighted by atomic mass is 9.77. The third-order valence-electron chi connectivity index (χ3n) is 6.76. The van der Waals surface area contributed by atoms with Crippen molar-refractivity contribution in [1.29, 1.82) is 0 Å². The van der Waals surface area contributed by atoms with Crippen molar-refractivity contribution in [2.75, 3.05) is 38.2 Å². The lowest BCUT2D eigenvalue weighted by Gasteiger charge is -2.32. The summed E-state index contributed by atoms with van der Waals surface area (Å²) in [7, 11) is 4.29. The molecule has 8 nitrogen and oxygen atoms in total. The molecule has 2 heterocycles. The summed E-state index contributed by atoms with van der Waals surface area (Å²) in [4.78, 5) is 42.0. The van der Waals surface area contributed by atoms with Crippen LogP contribution in [0.15, 0.2) is 42.5 Å². The number of hydrogen-bond donors (Lipinski definition) is 1. The van der Waals surface area contributed by atoms with Gasteiger partial charge in [-0.15, -0.1) is 0 Å². The highest BCUT2D eigenvalue weighted by Crippen LogP contribution is 2.53. The molecule has 0 saturated carbocycles. The number of carbonyl (C=O) groups excluding carboxylic acids is 3. The topological polar surface area (TPSA) is 94.2 Å². The van der Waals surface area contributed by atoms with E-state index >= 15 is 0 Å². The van der Waals surface area contributed by atoms with E-state index in [2.05, 4.69) is 5.32 Å². The molecule has 4 atom stereocenters. The van der Waals surface area contributed by atoms with Crippen LogP contribution in [0.5, 0.6) is 11.5 Å². The van der Waals surface area contributed by atoms with Gasteiger partial charge in [-0.3, -0.25) is 19.7 Å². The zero-order valence-corrected chi connectivity index (χ0v) is 20.7. The summed E-state index contributed by atoms with van der Waals surface area (Å²) in [5.41, 5.74) is -0.570. The highest BCUT2D eigenvalue weighted by atomic mass is 32.2. The summed E-state index contributed by atoms with van der Waals surface area (Å²) in [6, 6.07) is 9.59. The van der Waals surface area contributed by atoms with Crippen molar-refractivity contribution >= 4 is 35.2 Å². The molecule has 2 aliphatic rings. The molecule has 4 rings (SSSR count). The highest BCUT2D eigenvalue weighted by molar-refractivity contribution is 7.98. The number of nitrogens with zero attached hydrogens (tertiary/aromatic N) is 1. The fourth-order valence-electron chi connectivity index (χ4n) is 5.15. The molecule has 4 unspecified atom stereocenters. The molecule has 35 heavy (non-hydrogen) atoms. The van der Waals surface area contributed by atoms with E-state index in [4.69, 9.17) is 14.2 Å². The Morgan fingerprint density at radius 2 is 1.80 bits per heavy atom. The van der Waals surface area contributed by atoms with Crippen LogP contribution in [0.25, 0.3) is 0 Å². The number of rotatable bonds is 8. The summed E-state index contributed by atoms with van der Waals surface area (Å²) in [6.45, 7) is 0. The molecule has 0 radical (unpaired) electrons. The van der Waals surface area contributed by atoms with Crippen LogP contribution >= 0.6 is 11.8 Å². The predicted octanol–water partition coefficient (Wildman–Crippen LogP) is 2.96. The summed E-state index contributed by atoms with van der Waals surface area (Å²) in [6.07, 6.45) is 2.17. The molecule has 0 bridgehead atoms. The number of methoxy groups -OCH3 is 3. The molecule has 2 fully saturated rings. The van der Waals surface area contributed by atoms with Crippen molar-refractivity contribution in [3.63, 3.8) is 0 Å². The number of thioether (sulfide) groups is 1. The third kappa shape index (κ3) is 4.04. The van der Waals surface area contributed by atoms with Crippen molar-refractivity contribution in [2.45, 2.75) is 18.0 Å². The summed E-state index contributed by atoms with van der Waals surface area (Å²) >= 11 is 1.52. The van der Waals surface area contributed by atoms with Gasteiger partial charge in [0.2, 0.25) is 11.8 Å². The molecule has 0 aliphatic carbocycles. The van der Waals surface area contributed by atoms with Crippen molar-refractivity contribution in [1.82, 2.24) is 5.32 Å². The Bertz CT molecular complexity index is 1140. The van der Waals surface area contributed by atoms with Crippen LogP contribution in [-0.4, -0.2) is 56.7 Å². The number of ether oxygens (including phenoxy) is 3. The van der Waals surface area contributed by atoms with Gasteiger partial charge in [-0.05, 0) is 48.8 Å². The maximum atomic E-state index is 13.8. The zero-order chi connectivity index (χ0) is 25.3. The molecular weight excluding hydrogens is 475 g/mol. The number of halogens is 1. The van der Waals surface area contributed by atoms with Crippen LogP contribution in [0.4, 0.5) is 10.1 Å². The average Bonchev–Trinajstić information content (AvgIpc) is 3.36. The minimum absolute atomic E-state index is 0.250. The predicted molar refractivity (Wildman–Crippen MR) is 129 cm³/mol. The van der Waals surface area contributed by atoms with Crippen LogP contribution in [-0.2, 0) is 19.1 Å². The van der Waals surface area contributed by atoms with E-state index in [0.717, 1.165) is 4.90 Å². The Balaban J connectivity index is 1.88. The van der Waals surface area contributed by atoms with Crippen LogP contribution in [0, 0.1) is 17.7 Å². The minimum Gasteiger partial charge on any atom is -0.497 e. The zero-order valence-electron chi connectivity index (χ0n) is 19.9. The van der Waals surface area contributed by atoms with Gasteiger partial charge in [0.25, 0.3) is 0 Å². The minimum atomic E-state index is -1.43. The molecule has 2 saturated heterocycles. The first-order valence-electron chi connectivity index (χ1n) is 11.0. The van der Waals surface area contributed by atoms with E-state index in [1.807, 2.05) is 6.26 Å². The van der Waals surface area contributed by atoms with Crippen molar-refractivity contribution in [3.05, 3.63) is 53.8 Å². The molecule has 2 aromatic rings. The van der Waals surface area contributed by atoms with E-state index < -0.39 is 47.0 Å². The molecular formula is C25H27FN2O6S. The Hall–Kier alpha value is -3.11. The second kappa shape index (κ2) is 9.87. The monoisotopic (exact) mass is 502 g/mol. The molecule has 2 amide bonds. The van der Waals surface area contributed by atoms with Gasteiger partial charge in [0, 0.05) is 17.7 Å². The van der Waals surface area contributed by atoms with Gasteiger partial charge < -0.3 is 14.2 Å². The molecule has 0 aromatic heterocycles. The van der Waals surface area contributed by atoms with Gasteiger partial charge in [-0.25, -0.2) is 9.29 Å². The number of amides is 2. The number of imide groups is 1. The normalized spacial score (nSPS) is 25.5. The van der Waals surface area contributed by atoms with Gasteiger partial charge >= 0.3 is 5.97 Å². The van der Waals surface area contributed by atoms with Crippen LogP contribution < -0.4 is 19.7 Å². The summed E-state index contributed by atoms with van der Waals surface area (Å²) < 4.78 is 29.6. The number of hydrogen-bond acceptors (Lipinski definition) is 8. The molecule has 2 aliphatic heterocycles. The second-order valence-corrected chi connectivity index (χ2v) is 9.41. The molecule has 1 N–H and O–H groups in total. The molecule has 0 spiro atoms. The largest absolute Gasteiger partial charge is 0.497 e. The van der Waals surface area contributed by atoms with Crippen LogP contribution in [0.3, 0.4) is 0 Å². The fraction of sp³-hybridized carbons (Fsp3) is 0.400. The lowest BCUT2D eigenvalue weighted by Crippen LogP contribution is -2.56. The SMILES string of the molecule is COC(=O)C1(CCSC)NC(c2ccc(OC)cc2OC)C2C(=O)N(c3ccc(F)cc3)C(=O)C21. The number of anilines is 1. The second-order valence-electron chi connectivity index (χ2n) is 8.43. The highest BCUT2D eigenvalue weighted by Gasteiger charge is 2.69. The van der Waals surface area contributed by atoms with E-state index in [-0.39, 0.29) is 12.1 Å². The number of benzene rings is 2. The first-order chi connectivity index (χ1) is 16.8. The molecule has 10 heteroatoms. The number of carbonyl (C=O) groups is 3. The first kappa shape index (κ1) is 25.0. The van der Waals surface area contributed by atoms with Crippen molar-refractivity contribution in [3.8, 4) is 11.5 Å². The third-order valence-corrected chi connectivity index (χ3v) is 7.38. The number of nitrogens with one attached hydrogen (secondary N) is 1. The summed E-state index contributed by atoms with van der Waals surface area (Å²) in [5, 5.41) is 3.33. The van der Waals surface area contributed by atoms with Crippen molar-refractivity contribution in [2.24, 2.45) is 11.8 Å². The number of esters is 1. The molecule has 2 aromatic carbocycles. The standard InChI is InChI=1S/C25H27FN2O6S/c1-32-16-9-10-17(18(13-16)33-2)21-19-20(25(27-21,11-12-35-4)24(31)34-3)23(30)28(22(19)29)15-7-5-14(26)6-8-15/h5-10,13,19-21,27H,11-12H2,1-4H3. The van der Waals surface area contributed by atoms with Gasteiger partial charge in [-0.1, -0.05) is 6.07 Å². The quantitative estimate of drug-likeness (QED) is 0.435. The summed E-state index contributed by atoms with van der Waals surface area (Å²) in [5.74, 6) is -2.46. The maximum Gasteiger partial charge on any atom is 0.326 e. The Kier molecular flexibility index (Phi) is 7.05. The van der Waals surface area contributed by atoms with Crippen LogP contribution in [0.1, 0.15) is 18.0 Å². The van der Waals surface area contributed by atoms with Gasteiger partial charge in [0.05, 0.1) is 38.9 Å². The number of fused-ring (bicyclic) bond motifs is 1. The maximum absolute atomic E-state index is 13.8. The Morgan fingerprint density at radius 3 is 2.40 bits per heavy atom. The first-order valence-corrected chi connectivity index (χ1v) is 12.4. The van der Waals surface area contributed by atoms with E-state index in [9.17, 15) is 18.8 Å². The fourth-order valence-corrected chi connectivity index (χ4v) is 5.68. The van der Waals surface area contributed by atoms with E-state index in [0.29, 0.717) is 22.8 Å². The Morgan fingerprint density at radius 1 is 1.09 bits per heavy atom. The van der Waals surface area contributed by atoms with Gasteiger partial charge in [-0.2, -0.15) is 11.8 Å². The average molecular weight is 503 g/mol. The van der Waals surface area contributed by atoms with Crippen molar-refractivity contribution < 1.29 is 33.0 Å². The van der Waals surface area contributed by atoms with Gasteiger partial charge in [0.15, 0.2) is 0 Å². The lowest BCUT2D eigenvalue weighted by molar-refractivity contribution is -0.152. The molecule has 186 valence electrons. The van der Waals surface area contributed by atoms with Crippen LogP contribution in [0.2, 0.25) is 0 Å². The Labute approximate surface area is 207 Å². The smallest absolute Gasteiger partial charge is 0.326 e. The van der Waals surface area contributed by atoms with Gasteiger partial charge in [0.1, 0.15) is 22.9 Å².